The van der Waals surface area contributed by atoms with Crippen LogP contribution in [0.15, 0.2) is 47.4 Å². The number of halogens is 2. The second-order valence-corrected chi connectivity index (χ2v) is 6.34. The highest BCUT2D eigenvalue weighted by Crippen LogP contribution is 2.21. The molecule has 130 valence electrons. The Balaban J connectivity index is 2.06. The van der Waals surface area contributed by atoms with Crippen LogP contribution in [0.25, 0.3) is 0 Å². The first-order valence-corrected chi connectivity index (χ1v) is 8.31. The van der Waals surface area contributed by atoms with Crippen molar-refractivity contribution in [3.8, 4) is 0 Å². The minimum Gasteiger partial charge on any atom is -0.340 e. The van der Waals surface area contributed by atoms with Crippen LogP contribution in [0.5, 0.6) is 0 Å². The number of nitrogens with zero attached hydrogens (tertiary/aromatic N) is 2. The molecule has 0 N–H and O–H groups in total. The van der Waals surface area contributed by atoms with Gasteiger partial charge in [-0.15, -0.1) is 0 Å². The van der Waals surface area contributed by atoms with Gasteiger partial charge in [-0.25, -0.2) is 4.39 Å². The van der Waals surface area contributed by atoms with E-state index in [4.69, 9.17) is 11.6 Å². The number of benzene rings is 1. The third-order valence-electron chi connectivity index (χ3n) is 4.21. The second-order valence-electron chi connectivity index (χ2n) is 5.90. The molecule has 2 heterocycles. The molecular formula is C18H16ClFN2O3. The summed E-state index contributed by atoms with van der Waals surface area (Å²) in [5.74, 6) is -1.50. The standard InChI is InChI=1S/C18H16ClFN2O3/c19-13-5-8-15(23)22(11-13)16(18(25)21-9-1-2-10-21)17(24)12-3-6-14(20)7-4-12/h3-8,11,16H,1-2,9-10H2/t16-/m0/s1. The van der Waals surface area contributed by atoms with Crippen LogP contribution in [-0.2, 0) is 4.79 Å². The van der Waals surface area contributed by atoms with E-state index in [1.807, 2.05) is 0 Å². The van der Waals surface area contributed by atoms with Crippen LogP contribution < -0.4 is 5.56 Å². The van der Waals surface area contributed by atoms with Crippen molar-refractivity contribution >= 4 is 23.3 Å². The summed E-state index contributed by atoms with van der Waals surface area (Å²) in [5, 5.41) is 0.241. The molecule has 1 aliphatic heterocycles. The average molecular weight is 363 g/mol. The lowest BCUT2D eigenvalue weighted by Gasteiger charge is -2.24. The normalized spacial score (nSPS) is 15.2. The molecule has 1 fully saturated rings. The van der Waals surface area contributed by atoms with Gasteiger partial charge in [0.2, 0.25) is 0 Å². The number of carbonyl (C=O) groups excluding carboxylic acids is 2. The summed E-state index contributed by atoms with van der Waals surface area (Å²) < 4.78 is 14.2. The molecule has 5 nitrogen and oxygen atoms in total. The molecule has 1 atom stereocenters. The Kier molecular flexibility index (Phi) is 4.99. The van der Waals surface area contributed by atoms with Crippen molar-refractivity contribution in [2.45, 2.75) is 18.9 Å². The van der Waals surface area contributed by atoms with E-state index in [0.29, 0.717) is 13.1 Å². The first kappa shape index (κ1) is 17.4. The fourth-order valence-corrected chi connectivity index (χ4v) is 3.09. The maximum absolute atomic E-state index is 13.1. The van der Waals surface area contributed by atoms with E-state index in [-0.39, 0.29) is 10.6 Å². The number of ketones is 1. The Hall–Kier alpha value is -2.47. The quantitative estimate of drug-likeness (QED) is 0.620. The second kappa shape index (κ2) is 7.19. The fourth-order valence-electron chi connectivity index (χ4n) is 2.92. The van der Waals surface area contributed by atoms with Gasteiger partial charge in [0.15, 0.2) is 11.8 Å². The monoisotopic (exact) mass is 362 g/mol. The minimum absolute atomic E-state index is 0.158. The van der Waals surface area contributed by atoms with Gasteiger partial charge in [0.05, 0.1) is 5.02 Å². The van der Waals surface area contributed by atoms with Crippen molar-refractivity contribution < 1.29 is 14.0 Å². The van der Waals surface area contributed by atoms with Gasteiger partial charge in [-0.1, -0.05) is 11.6 Å². The van der Waals surface area contributed by atoms with E-state index in [1.54, 1.807) is 4.90 Å². The Morgan fingerprint density at radius 1 is 1.04 bits per heavy atom. The summed E-state index contributed by atoms with van der Waals surface area (Å²) in [6.07, 6.45) is 2.99. The van der Waals surface area contributed by atoms with E-state index < -0.39 is 29.1 Å². The Labute approximate surface area is 148 Å². The summed E-state index contributed by atoms with van der Waals surface area (Å²) in [5.41, 5.74) is -0.344. The molecule has 1 saturated heterocycles. The highest BCUT2D eigenvalue weighted by molar-refractivity contribution is 6.30. The predicted molar refractivity (Wildman–Crippen MR) is 91.3 cm³/mol. The number of rotatable bonds is 4. The van der Waals surface area contributed by atoms with Crippen LogP contribution in [0.3, 0.4) is 0 Å². The lowest BCUT2D eigenvalue weighted by molar-refractivity contribution is -0.132. The van der Waals surface area contributed by atoms with Crippen molar-refractivity contribution in [3.05, 3.63) is 69.4 Å². The van der Waals surface area contributed by atoms with Crippen LogP contribution in [-0.4, -0.2) is 34.2 Å². The number of pyridine rings is 1. The van der Waals surface area contributed by atoms with Crippen molar-refractivity contribution in [2.24, 2.45) is 0 Å². The zero-order chi connectivity index (χ0) is 18.0. The number of aromatic nitrogens is 1. The van der Waals surface area contributed by atoms with E-state index in [9.17, 15) is 18.8 Å². The van der Waals surface area contributed by atoms with Crippen molar-refractivity contribution in [3.63, 3.8) is 0 Å². The molecule has 2 aromatic rings. The van der Waals surface area contributed by atoms with Crippen LogP contribution in [0.4, 0.5) is 4.39 Å². The summed E-state index contributed by atoms with van der Waals surface area (Å²) in [7, 11) is 0. The fraction of sp³-hybridized carbons (Fsp3) is 0.278. The van der Waals surface area contributed by atoms with Crippen molar-refractivity contribution in [1.29, 1.82) is 0 Å². The van der Waals surface area contributed by atoms with Gasteiger partial charge in [-0.2, -0.15) is 0 Å². The molecule has 0 radical (unpaired) electrons. The summed E-state index contributed by atoms with van der Waals surface area (Å²) in [6.45, 7) is 1.09. The lowest BCUT2D eigenvalue weighted by Crippen LogP contribution is -2.42. The molecule has 0 aliphatic carbocycles. The van der Waals surface area contributed by atoms with Gasteiger partial charge in [-0.3, -0.25) is 19.0 Å². The Morgan fingerprint density at radius 3 is 2.32 bits per heavy atom. The topological polar surface area (TPSA) is 59.4 Å². The molecule has 25 heavy (non-hydrogen) atoms. The molecular weight excluding hydrogens is 347 g/mol. The number of hydrogen-bond acceptors (Lipinski definition) is 3. The molecule has 1 aromatic heterocycles. The lowest BCUT2D eigenvalue weighted by atomic mass is 10.0. The van der Waals surface area contributed by atoms with Crippen LogP contribution in [0.2, 0.25) is 5.02 Å². The molecule has 1 aliphatic rings. The van der Waals surface area contributed by atoms with Gasteiger partial charge < -0.3 is 4.90 Å². The molecule has 1 amide bonds. The van der Waals surface area contributed by atoms with Gasteiger partial charge in [0, 0.05) is 30.9 Å². The van der Waals surface area contributed by atoms with E-state index in [0.717, 1.165) is 29.5 Å². The van der Waals surface area contributed by atoms with Crippen LogP contribution in [0, 0.1) is 5.82 Å². The number of Topliss-reactive ketones (excluding diaryl/α,β-unsaturated/α-hetero) is 1. The Bertz CT molecular complexity index is 857. The number of hydrogen-bond donors (Lipinski definition) is 0. The smallest absolute Gasteiger partial charge is 0.253 e. The first-order valence-electron chi connectivity index (χ1n) is 7.93. The van der Waals surface area contributed by atoms with Crippen LogP contribution in [0.1, 0.15) is 29.2 Å². The highest BCUT2D eigenvalue weighted by atomic mass is 35.5. The number of amides is 1. The minimum atomic E-state index is -1.35. The number of carbonyl (C=O) groups is 2. The third kappa shape index (κ3) is 3.64. The van der Waals surface area contributed by atoms with Crippen LogP contribution >= 0.6 is 11.6 Å². The number of likely N-dealkylation sites (tertiary alicyclic amines) is 1. The summed E-state index contributed by atoms with van der Waals surface area (Å²) >= 11 is 5.95. The van der Waals surface area contributed by atoms with Crippen molar-refractivity contribution in [1.82, 2.24) is 9.47 Å². The third-order valence-corrected chi connectivity index (χ3v) is 4.43. The summed E-state index contributed by atoms with van der Waals surface area (Å²) in [6, 6.07) is 6.16. The molecule has 0 bridgehead atoms. The molecule has 0 unspecified atom stereocenters. The van der Waals surface area contributed by atoms with Gasteiger partial charge >= 0.3 is 0 Å². The highest BCUT2D eigenvalue weighted by Gasteiger charge is 2.34. The zero-order valence-electron chi connectivity index (χ0n) is 13.3. The SMILES string of the molecule is O=C(c1ccc(F)cc1)[C@@H](C(=O)N1CCCC1)n1cc(Cl)ccc1=O. The molecule has 0 spiro atoms. The average Bonchev–Trinajstić information content (AvgIpc) is 3.13. The first-order chi connectivity index (χ1) is 12.0. The predicted octanol–water partition coefficient (Wildman–Crippen LogP) is 2.69. The molecule has 3 rings (SSSR count). The zero-order valence-corrected chi connectivity index (χ0v) is 14.1. The van der Waals surface area contributed by atoms with E-state index in [2.05, 4.69) is 0 Å². The van der Waals surface area contributed by atoms with Crippen molar-refractivity contribution in [2.75, 3.05) is 13.1 Å². The largest absolute Gasteiger partial charge is 0.340 e. The molecule has 7 heteroatoms. The molecule has 1 aromatic carbocycles. The summed E-state index contributed by atoms with van der Waals surface area (Å²) in [4.78, 5) is 39.7. The maximum atomic E-state index is 13.1. The Morgan fingerprint density at radius 2 is 1.68 bits per heavy atom. The van der Waals surface area contributed by atoms with E-state index in [1.165, 1.54) is 30.5 Å². The molecule has 0 saturated carbocycles. The maximum Gasteiger partial charge on any atom is 0.253 e. The van der Waals surface area contributed by atoms with Gasteiger partial charge in [0.1, 0.15) is 5.82 Å². The van der Waals surface area contributed by atoms with Gasteiger partial charge in [0.25, 0.3) is 11.5 Å². The van der Waals surface area contributed by atoms with Gasteiger partial charge in [-0.05, 0) is 43.2 Å². The van der Waals surface area contributed by atoms with E-state index >= 15 is 0 Å².